The molecule has 2 aromatic rings. The van der Waals surface area contributed by atoms with Crippen LogP contribution in [0.2, 0.25) is 0 Å². The van der Waals surface area contributed by atoms with E-state index in [1.54, 1.807) is 50.4 Å². The van der Waals surface area contributed by atoms with Crippen LogP contribution < -0.4 is 11.3 Å². The summed E-state index contributed by atoms with van der Waals surface area (Å²) < 4.78 is 1.35. The average molecular weight is 245 g/mol. The van der Waals surface area contributed by atoms with Gasteiger partial charge in [-0.3, -0.25) is 9.36 Å². The highest BCUT2D eigenvalue weighted by molar-refractivity contribution is 5.38. The van der Waals surface area contributed by atoms with E-state index in [0.717, 1.165) is 0 Å². The molecule has 2 aromatic heterocycles. The second-order valence-corrected chi connectivity index (χ2v) is 4.58. The van der Waals surface area contributed by atoms with Gasteiger partial charge in [-0.15, -0.1) is 0 Å². The summed E-state index contributed by atoms with van der Waals surface area (Å²) in [6.45, 7) is 3.28. The Hall–Kier alpha value is -2.14. The summed E-state index contributed by atoms with van der Waals surface area (Å²) in [7, 11) is 0. The molecule has 0 aromatic carbocycles. The van der Waals surface area contributed by atoms with Crippen LogP contribution in [0.1, 0.15) is 19.5 Å². The number of anilines is 1. The van der Waals surface area contributed by atoms with Gasteiger partial charge in [-0.05, 0) is 38.1 Å². The molecule has 0 unspecified atom stereocenters. The highest BCUT2D eigenvalue weighted by Gasteiger charge is 2.18. The van der Waals surface area contributed by atoms with E-state index < -0.39 is 5.60 Å². The van der Waals surface area contributed by atoms with Crippen LogP contribution in [0.25, 0.3) is 5.82 Å². The van der Waals surface area contributed by atoms with Gasteiger partial charge in [-0.25, -0.2) is 4.98 Å². The molecule has 0 spiro atoms. The van der Waals surface area contributed by atoms with E-state index in [-0.39, 0.29) is 11.2 Å². The largest absolute Gasteiger partial charge is 0.394 e. The van der Waals surface area contributed by atoms with Crippen LogP contribution in [0.3, 0.4) is 0 Å². The van der Waals surface area contributed by atoms with Gasteiger partial charge in [-0.1, -0.05) is 6.07 Å². The smallest absolute Gasteiger partial charge is 0.279 e. The van der Waals surface area contributed by atoms with Gasteiger partial charge in [0, 0.05) is 6.20 Å². The molecule has 0 radical (unpaired) electrons. The van der Waals surface area contributed by atoms with Gasteiger partial charge in [-0.2, -0.15) is 0 Å². The van der Waals surface area contributed by atoms with Crippen molar-refractivity contribution in [1.29, 1.82) is 0 Å². The maximum Gasteiger partial charge on any atom is 0.279 e. The first-order valence-corrected chi connectivity index (χ1v) is 5.57. The molecule has 2 rings (SSSR count). The number of hydrogen-bond acceptors (Lipinski definition) is 4. The highest BCUT2D eigenvalue weighted by Crippen LogP contribution is 2.18. The van der Waals surface area contributed by atoms with Gasteiger partial charge < -0.3 is 10.8 Å². The minimum Gasteiger partial charge on any atom is -0.394 e. The highest BCUT2D eigenvalue weighted by atomic mass is 16.3. The van der Waals surface area contributed by atoms with E-state index in [1.165, 1.54) is 4.57 Å². The molecule has 5 nitrogen and oxygen atoms in total. The van der Waals surface area contributed by atoms with E-state index in [9.17, 15) is 9.90 Å². The second-order valence-electron chi connectivity index (χ2n) is 4.58. The molecular formula is C13H15N3O2. The van der Waals surface area contributed by atoms with Crippen molar-refractivity contribution in [3.63, 3.8) is 0 Å². The van der Waals surface area contributed by atoms with Crippen molar-refractivity contribution in [2.24, 2.45) is 0 Å². The third kappa shape index (κ3) is 2.26. The van der Waals surface area contributed by atoms with Gasteiger partial charge in [0.2, 0.25) is 0 Å². The molecule has 0 aliphatic heterocycles. The zero-order valence-electron chi connectivity index (χ0n) is 10.3. The van der Waals surface area contributed by atoms with Crippen LogP contribution in [0.4, 0.5) is 5.69 Å². The number of hydrogen-bond donors (Lipinski definition) is 2. The van der Waals surface area contributed by atoms with Crippen molar-refractivity contribution in [3.8, 4) is 5.82 Å². The molecule has 5 heteroatoms. The van der Waals surface area contributed by atoms with Crippen molar-refractivity contribution < 1.29 is 5.11 Å². The van der Waals surface area contributed by atoms with Crippen LogP contribution in [0.5, 0.6) is 0 Å². The van der Waals surface area contributed by atoms with E-state index >= 15 is 0 Å². The number of nitrogens with zero attached hydrogens (tertiary/aromatic N) is 2. The molecule has 18 heavy (non-hydrogen) atoms. The summed E-state index contributed by atoms with van der Waals surface area (Å²) in [5.74, 6) is 0.437. The predicted octanol–water partition coefficient (Wildman–Crippen LogP) is 1.04. The fourth-order valence-corrected chi connectivity index (χ4v) is 1.59. The van der Waals surface area contributed by atoms with E-state index in [2.05, 4.69) is 4.98 Å². The lowest BCUT2D eigenvalue weighted by molar-refractivity contribution is 0.0738. The lowest BCUT2D eigenvalue weighted by Crippen LogP contribution is -2.23. The summed E-state index contributed by atoms with van der Waals surface area (Å²) in [5.41, 5.74) is 4.85. The summed E-state index contributed by atoms with van der Waals surface area (Å²) >= 11 is 0. The zero-order valence-corrected chi connectivity index (χ0v) is 10.3. The van der Waals surface area contributed by atoms with E-state index in [4.69, 9.17) is 5.73 Å². The zero-order chi connectivity index (χ0) is 13.3. The Morgan fingerprint density at radius 3 is 2.67 bits per heavy atom. The quantitative estimate of drug-likeness (QED) is 0.828. The molecule has 3 N–H and O–H groups in total. The number of pyridine rings is 2. The topological polar surface area (TPSA) is 81.1 Å². The summed E-state index contributed by atoms with van der Waals surface area (Å²) in [6, 6.07) is 8.36. The SMILES string of the molecule is CC(C)(O)c1cccc(-n2cccc(N)c2=O)n1. The van der Waals surface area contributed by atoms with Crippen LogP contribution in [0, 0.1) is 0 Å². The normalized spacial score (nSPS) is 11.5. The Bertz CT molecular complexity index is 627. The lowest BCUT2D eigenvalue weighted by atomic mass is 10.1. The van der Waals surface area contributed by atoms with Gasteiger partial charge in [0.05, 0.1) is 11.4 Å². The van der Waals surface area contributed by atoms with Crippen molar-refractivity contribution >= 4 is 5.69 Å². The molecule has 0 saturated heterocycles. The third-order valence-corrected chi connectivity index (χ3v) is 2.58. The first-order chi connectivity index (χ1) is 8.39. The Kier molecular flexibility index (Phi) is 2.92. The fraction of sp³-hybridized carbons (Fsp3) is 0.231. The van der Waals surface area contributed by atoms with E-state index in [0.29, 0.717) is 11.5 Å². The number of nitrogen functional groups attached to an aromatic ring is 1. The fourth-order valence-electron chi connectivity index (χ4n) is 1.59. The Morgan fingerprint density at radius 2 is 2.00 bits per heavy atom. The Labute approximate surface area is 105 Å². The molecule has 0 bridgehead atoms. The third-order valence-electron chi connectivity index (χ3n) is 2.58. The minimum absolute atomic E-state index is 0.160. The van der Waals surface area contributed by atoms with Gasteiger partial charge in [0.15, 0.2) is 0 Å². The predicted molar refractivity (Wildman–Crippen MR) is 69.5 cm³/mol. The number of aromatic nitrogens is 2. The van der Waals surface area contributed by atoms with Crippen LogP contribution in [-0.4, -0.2) is 14.7 Å². The molecule has 0 aliphatic carbocycles. The Balaban J connectivity index is 2.59. The molecular weight excluding hydrogens is 230 g/mol. The molecule has 0 amide bonds. The van der Waals surface area contributed by atoms with Gasteiger partial charge >= 0.3 is 0 Å². The maximum atomic E-state index is 11.9. The van der Waals surface area contributed by atoms with Crippen LogP contribution >= 0.6 is 0 Å². The first kappa shape index (κ1) is 12.3. The monoisotopic (exact) mass is 245 g/mol. The number of aliphatic hydroxyl groups is 1. The van der Waals surface area contributed by atoms with Gasteiger partial charge in [0.1, 0.15) is 11.4 Å². The maximum absolute atomic E-state index is 11.9. The van der Waals surface area contributed by atoms with Crippen molar-refractivity contribution in [2.75, 3.05) is 5.73 Å². The second kappa shape index (κ2) is 4.27. The minimum atomic E-state index is -1.06. The van der Waals surface area contributed by atoms with Crippen molar-refractivity contribution in [2.45, 2.75) is 19.4 Å². The van der Waals surface area contributed by atoms with Crippen molar-refractivity contribution in [1.82, 2.24) is 9.55 Å². The number of rotatable bonds is 2. The first-order valence-electron chi connectivity index (χ1n) is 5.57. The molecule has 0 saturated carbocycles. The van der Waals surface area contributed by atoms with Crippen LogP contribution in [-0.2, 0) is 5.60 Å². The Morgan fingerprint density at radius 1 is 1.28 bits per heavy atom. The summed E-state index contributed by atoms with van der Waals surface area (Å²) in [5, 5.41) is 9.91. The average Bonchev–Trinajstić information content (AvgIpc) is 2.32. The van der Waals surface area contributed by atoms with Crippen LogP contribution in [0.15, 0.2) is 41.3 Å². The van der Waals surface area contributed by atoms with E-state index in [1.807, 2.05) is 0 Å². The molecule has 0 fully saturated rings. The van der Waals surface area contributed by atoms with Gasteiger partial charge in [0.25, 0.3) is 5.56 Å². The summed E-state index contributed by atoms with van der Waals surface area (Å²) in [4.78, 5) is 16.1. The lowest BCUT2D eigenvalue weighted by Gasteiger charge is -2.17. The van der Waals surface area contributed by atoms with Crippen molar-refractivity contribution in [3.05, 3.63) is 52.6 Å². The molecule has 2 heterocycles. The molecule has 0 atom stereocenters. The number of nitrogens with two attached hydrogens (primary N) is 1. The standard InChI is InChI=1S/C13H15N3O2/c1-13(2,18)10-6-3-7-11(15-10)16-8-4-5-9(14)12(16)17/h3-8,18H,14H2,1-2H3. The molecule has 94 valence electrons. The summed E-state index contributed by atoms with van der Waals surface area (Å²) in [6.07, 6.45) is 1.59. The molecule has 0 aliphatic rings.